The van der Waals surface area contributed by atoms with E-state index in [-0.39, 0.29) is 39.3 Å². The number of rotatable bonds is 5. The summed E-state index contributed by atoms with van der Waals surface area (Å²) >= 11 is 0. The first kappa shape index (κ1) is 52.6. The zero-order valence-corrected chi connectivity index (χ0v) is 51.2. The summed E-state index contributed by atoms with van der Waals surface area (Å²) in [5.74, 6) is 0. The Hall–Kier alpha value is -7.50. The van der Waals surface area contributed by atoms with Crippen LogP contribution in [0.5, 0.6) is 0 Å². The Morgan fingerprint density at radius 3 is 1.70 bits per heavy atom. The Morgan fingerprint density at radius 2 is 1.05 bits per heavy atom. The van der Waals surface area contributed by atoms with Gasteiger partial charge in [0.1, 0.15) is 11.2 Å². The highest BCUT2D eigenvalue weighted by Crippen LogP contribution is 2.56. The number of fused-ring (bicyclic) bond motifs is 12. The van der Waals surface area contributed by atoms with Gasteiger partial charge < -0.3 is 19.0 Å². The quantitative estimate of drug-likeness (QED) is 0.160. The van der Waals surface area contributed by atoms with Crippen LogP contribution in [0.3, 0.4) is 0 Å². The van der Waals surface area contributed by atoms with Crippen molar-refractivity contribution in [2.24, 2.45) is 0 Å². The average Bonchev–Trinajstić information content (AvgIpc) is 3.50. The summed E-state index contributed by atoms with van der Waals surface area (Å²) < 4.78 is 7.23. The molecule has 1 aromatic heterocycles. The van der Waals surface area contributed by atoms with E-state index in [1.165, 1.54) is 89.0 Å². The van der Waals surface area contributed by atoms with Gasteiger partial charge in [-0.3, -0.25) is 0 Å². The molecule has 0 N–H and O–H groups in total. The molecule has 9 aromatic carbocycles. The minimum Gasteiger partial charge on any atom is -0.455 e. The van der Waals surface area contributed by atoms with Crippen molar-refractivity contribution in [2.75, 3.05) is 14.6 Å². The van der Waals surface area contributed by atoms with E-state index in [4.69, 9.17) is 4.42 Å². The molecule has 0 amide bonds. The number of aryl methyl sites for hydroxylation is 1. The van der Waals surface area contributed by atoms with Crippen LogP contribution in [0.2, 0.25) is 0 Å². The first-order valence-corrected chi connectivity index (χ1v) is 30.4. The van der Waals surface area contributed by atoms with Gasteiger partial charge in [-0.1, -0.05) is 182 Å². The Morgan fingerprint density at radius 1 is 0.476 bits per heavy atom. The van der Waals surface area contributed by atoms with Crippen molar-refractivity contribution in [1.29, 1.82) is 0 Å². The van der Waals surface area contributed by atoms with Gasteiger partial charge in [-0.25, -0.2) is 0 Å². The molecule has 2 aliphatic heterocycles. The molecule has 3 heterocycles. The SMILES string of the molecule is Cc1cc2c(cc1N1c3cc(N(c4cccc(C(C)(C)C)c4)c4cccc(C(C)(C)C)c4)ccc3B3c4c(cc5ccccc5c41)-c1c(ccc4c1oc1ccccc14)N3c1ccc3c(c1)C(C)(C)CCC3(C)C)C(C)(C)CCC2(C)C. The van der Waals surface area contributed by atoms with Crippen molar-refractivity contribution in [1.82, 2.24) is 0 Å². The van der Waals surface area contributed by atoms with Crippen LogP contribution in [0.25, 0.3) is 43.8 Å². The highest BCUT2D eigenvalue weighted by atomic mass is 16.3. The molecular formula is C77H80BN3O. The first-order chi connectivity index (χ1) is 38.8. The number of furan rings is 1. The molecule has 0 unspecified atom stereocenters. The third-order valence-corrected chi connectivity index (χ3v) is 20.1. The maximum absolute atomic E-state index is 7.23. The minimum absolute atomic E-state index is 0.00196. The fraction of sp³-hybridized carbons (Fsp3) is 0.325. The average molecular weight is 1070 g/mol. The van der Waals surface area contributed by atoms with E-state index in [1.54, 1.807) is 0 Å². The van der Waals surface area contributed by atoms with E-state index in [9.17, 15) is 0 Å². The lowest BCUT2D eigenvalue weighted by Gasteiger charge is -2.48. The summed E-state index contributed by atoms with van der Waals surface area (Å²) in [5.41, 5.74) is 26.0. The molecule has 0 saturated carbocycles. The molecule has 0 saturated heterocycles. The standard InChI is InChI=1S/C77H80BN3O/c1-47-40-60-62(77(14,15)39-38-75(60,10)11)46-65(47)80-66-45-53(79(51-25-20-23-49(42-51)72(2,3)4)52-26-21-24-50(43-52)73(5,6)7)31-34-63(66)78-69-58(41-48-22-16-17-27-55(48)70(69)80)68-64(35-32-57-56-28-18-19-29-67(56)82-71(57)68)81(78)54-30-33-59-61(44-54)76(12,13)37-36-74(59,8)9/h16-35,40-46H,36-39H2,1-15H3. The molecule has 14 rings (SSSR count). The lowest BCUT2D eigenvalue weighted by molar-refractivity contribution is 0.332. The van der Waals surface area contributed by atoms with Gasteiger partial charge in [-0.2, -0.15) is 0 Å². The third-order valence-electron chi connectivity index (χ3n) is 20.1. The Balaban J connectivity index is 1.14. The van der Waals surface area contributed by atoms with E-state index < -0.39 is 0 Å². The maximum atomic E-state index is 7.23. The topological polar surface area (TPSA) is 22.9 Å². The van der Waals surface area contributed by atoms with Crippen LogP contribution in [0.1, 0.15) is 162 Å². The molecule has 4 aliphatic rings. The molecule has 0 atom stereocenters. The largest absolute Gasteiger partial charge is 0.455 e. The zero-order valence-electron chi connectivity index (χ0n) is 51.2. The summed E-state index contributed by atoms with van der Waals surface area (Å²) in [4.78, 5) is 7.97. The predicted octanol–water partition coefficient (Wildman–Crippen LogP) is 20.5. The number of benzene rings is 9. The summed E-state index contributed by atoms with van der Waals surface area (Å²) in [6.07, 6.45) is 4.59. The molecule has 0 radical (unpaired) electrons. The Labute approximate surface area is 488 Å². The molecule has 0 fully saturated rings. The summed E-state index contributed by atoms with van der Waals surface area (Å²) in [6.45, 7) is 35.8. The van der Waals surface area contributed by atoms with Gasteiger partial charge in [0.05, 0.1) is 5.69 Å². The van der Waals surface area contributed by atoms with Gasteiger partial charge in [0.2, 0.25) is 0 Å². The molecule has 2 aliphatic carbocycles. The van der Waals surface area contributed by atoms with Crippen LogP contribution in [-0.4, -0.2) is 6.85 Å². The van der Waals surface area contributed by atoms with E-state index in [0.717, 1.165) is 75.9 Å². The maximum Gasteiger partial charge on any atom is 0.333 e. The van der Waals surface area contributed by atoms with Crippen LogP contribution in [0.15, 0.2) is 168 Å². The van der Waals surface area contributed by atoms with Crippen molar-refractivity contribution in [2.45, 2.75) is 162 Å². The van der Waals surface area contributed by atoms with Crippen molar-refractivity contribution in [3.05, 3.63) is 203 Å². The number of nitrogens with zero attached hydrogens (tertiary/aromatic N) is 3. The number of hydrogen-bond acceptors (Lipinski definition) is 4. The van der Waals surface area contributed by atoms with Gasteiger partial charge in [0.25, 0.3) is 0 Å². The first-order valence-electron chi connectivity index (χ1n) is 30.4. The van der Waals surface area contributed by atoms with E-state index in [0.29, 0.717) is 0 Å². The molecular weight excluding hydrogens is 994 g/mol. The highest BCUT2D eigenvalue weighted by Gasteiger charge is 2.49. The molecule has 4 nitrogen and oxygen atoms in total. The van der Waals surface area contributed by atoms with E-state index in [2.05, 4.69) is 282 Å². The Kier molecular flexibility index (Phi) is 11.4. The molecule has 5 heteroatoms. The molecule has 0 bridgehead atoms. The molecule has 0 spiro atoms. The predicted molar refractivity (Wildman–Crippen MR) is 352 cm³/mol. The van der Waals surface area contributed by atoms with E-state index in [1.807, 2.05) is 0 Å². The van der Waals surface area contributed by atoms with E-state index >= 15 is 0 Å². The van der Waals surface area contributed by atoms with Gasteiger partial charge in [0.15, 0.2) is 0 Å². The summed E-state index contributed by atoms with van der Waals surface area (Å²) in [6, 6.07) is 63.8. The fourth-order valence-corrected chi connectivity index (χ4v) is 15.0. The van der Waals surface area contributed by atoms with Crippen molar-refractivity contribution < 1.29 is 4.42 Å². The summed E-state index contributed by atoms with van der Waals surface area (Å²) in [7, 11) is 0. The monoisotopic (exact) mass is 1070 g/mol. The van der Waals surface area contributed by atoms with Crippen LogP contribution >= 0.6 is 0 Å². The third kappa shape index (κ3) is 7.98. The highest BCUT2D eigenvalue weighted by molar-refractivity contribution is 6.94. The van der Waals surface area contributed by atoms with Crippen molar-refractivity contribution >= 4 is 96.0 Å². The van der Waals surface area contributed by atoms with Crippen LogP contribution < -0.4 is 25.5 Å². The number of anilines is 8. The second kappa shape index (κ2) is 17.8. The zero-order chi connectivity index (χ0) is 57.4. The number of para-hydroxylation sites is 1. The van der Waals surface area contributed by atoms with Crippen LogP contribution in [0, 0.1) is 6.92 Å². The van der Waals surface area contributed by atoms with Gasteiger partial charge >= 0.3 is 6.85 Å². The van der Waals surface area contributed by atoms with Crippen molar-refractivity contribution in [3.63, 3.8) is 0 Å². The summed E-state index contributed by atoms with van der Waals surface area (Å²) in [5, 5.41) is 4.73. The minimum atomic E-state index is -0.211. The van der Waals surface area contributed by atoms with Gasteiger partial charge in [-0.15, -0.1) is 0 Å². The van der Waals surface area contributed by atoms with Crippen molar-refractivity contribution in [3.8, 4) is 11.1 Å². The molecule has 412 valence electrons. The lowest BCUT2D eigenvalue weighted by atomic mass is 9.43. The van der Waals surface area contributed by atoms with Crippen LogP contribution in [-0.2, 0) is 32.5 Å². The normalized spacial score (nSPS) is 17.3. The fourth-order valence-electron chi connectivity index (χ4n) is 15.0. The smallest absolute Gasteiger partial charge is 0.333 e. The molecule has 82 heavy (non-hydrogen) atoms. The second-order valence-electron chi connectivity index (χ2n) is 29.6. The van der Waals surface area contributed by atoms with Gasteiger partial charge in [-0.05, 0) is 205 Å². The van der Waals surface area contributed by atoms with Crippen LogP contribution in [0.4, 0.5) is 45.5 Å². The Bertz CT molecular complexity index is 4250. The number of hydrogen-bond donors (Lipinski definition) is 0. The lowest BCUT2D eigenvalue weighted by Crippen LogP contribution is -2.61. The molecule has 10 aromatic rings. The second-order valence-corrected chi connectivity index (χ2v) is 29.6. The van der Waals surface area contributed by atoms with Gasteiger partial charge in [0, 0.05) is 61.5 Å².